The van der Waals surface area contributed by atoms with Gasteiger partial charge in [-0.3, -0.25) is 19.7 Å². The second kappa shape index (κ2) is 10.0. The molecule has 8 heteroatoms. The molecule has 0 saturated heterocycles. The van der Waals surface area contributed by atoms with Gasteiger partial charge in [0.25, 0.3) is 11.6 Å². The number of carbonyl (C=O) groups is 2. The number of hydrogen-bond acceptors (Lipinski definition) is 5. The van der Waals surface area contributed by atoms with E-state index in [1.807, 2.05) is 0 Å². The maximum Gasteiger partial charge on any atom is 0.303 e. The lowest BCUT2D eigenvalue weighted by molar-refractivity contribution is -0.387. The number of nitrogens with zero attached hydrogens (tertiary/aromatic N) is 2. The summed E-state index contributed by atoms with van der Waals surface area (Å²) in [6.07, 6.45) is 1.26. The zero-order chi connectivity index (χ0) is 19.0. The minimum atomic E-state index is -0.917. The average molecular weight is 368 g/mol. The molecule has 0 aliphatic heterocycles. The van der Waals surface area contributed by atoms with Crippen molar-refractivity contribution in [1.82, 2.24) is 4.90 Å². The van der Waals surface area contributed by atoms with Crippen LogP contribution in [0.5, 0.6) is 0 Å². The molecule has 25 heavy (non-hydrogen) atoms. The van der Waals surface area contributed by atoms with Crippen LogP contribution in [-0.2, 0) is 4.79 Å². The second-order valence-corrected chi connectivity index (χ2v) is 7.33. The van der Waals surface area contributed by atoms with Crippen LogP contribution < -0.4 is 0 Å². The minimum absolute atomic E-state index is 0.0246. The molecule has 138 valence electrons. The smallest absolute Gasteiger partial charge is 0.303 e. The van der Waals surface area contributed by atoms with Gasteiger partial charge in [0.05, 0.1) is 9.82 Å². The van der Waals surface area contributed by atoms with Crippen molar-refractivity contribution in [1.29, 1.82) is 0 Å². The monoisotopic (exact) mass is 368 g/mol. The fourth-order valence-corrected chi connectivity index (χ4v) is 3.36. The Morgan fingerprint density at radius 2 is 2.04 bits per heavy atom. The first-order valence-corrected chi connectivity index (χ1v) is 9.09. The molecule has 1 amide bonds. The lowest BCUT2D eigenvalue weighted by atomic mass is 10.1. The molecule has 0 bridgehead atoms. The summed E-state index contributed by atoms with van der Waals surface area (Å²) in [6.45, 7) is 4.47. The Morgan fingerprint density at radius 3 is 2.60 bits per heavy atom. The first kappa shape index (κ1) is 21.0. The Labute approximate surface area is 151 Å². The van der Waals surface area contributed by atoms with Crippen LogP contribution in [0.1, 0.15) is 43.5 Å². The predicted octanol–water partition coefficient (Wildman–Crippen LogP) is 3.67. The Kier molecular flexibility index (Phi) is 8.40. The van der Waals surface area contributed by atoms with E-state index in [4.69, 9.17) is 5.11 Å². The number of carboxylic acid groups (broad SMARTS) is 1. The lowest BCUT2D eigenvalue weighted by Crippen LogP contribution is -2.28. The Balaban J connectivity index is 2.83. The zero-order valence-corrected chi connectivity index (χ0v) is 15.5. The van der Waals surface area contributed by atoms with Gasteiger partial charge in [-0.25, -0.2) is 0 Å². The van der Waals surface area contributed by atoms with Crippen LogP contribution in [0.25, 0.3) is 0 Å². The molecule has 1 N–H and O–H groups in total. The van der Waals surface area contributed by atoms with Crippen molar-refractivity contribution in [2.75, 3.05) is 19.3 Å². The van der Waals surface area contributed by atoms with Crippen molar-refractivity contribution < 1.29 is 19.6 Å². The quantitative estimate of drug-likeness (QED) is 0.384. The van der Waals surface area contributed by atoms with Gasteiger partial charge in [-0.15, -0.1) is 11.8 Å². The van der Waals surface area contributed by atoms with Gasteiger partial charge in [-0.05, 0) is 36.6 Å². The van der Waals surface area contributed by atoms with E-state index in [-0.39, 0.29) is 30.1 Å². The van der Waals surface area contributed by atoms with Crippen LogP contribution >= 0.6 is 11.8 Å². The van der Waals surface area contributed by atoms with Crippen molar-refractivity contribution in [2.45, 2.75) is 38.0 Å². The van der Waals surface area contributed by atoms with Crippen LogP contribution in [0.15, 0.2) is 23.1 Å². The number of nitro groups is 1. The number of amides is 1. The number of aliphatic carboxylic acids is 1. The molecule has 0 spiro atoms. The van der Waals surface area contributed by atoms with E-state index >= 15 is 0 Å². The molecule has 0 radical (unpaired) electrons. The third-order valence-electron chi connectivity index (χ3n) is 3.59. The summed E-state index contributed by atoms with van der Waals surface area (Å²) in [5, 5.41) is 19.9. The highest BCUT2D eigenvalue weighted by Gasteiger charge is 2.20. The molecule has 0 atom stereocenters. The Hall–Kier alpha value is -2.09. The van der Waals surface area contributed by atoms with E-state index in [2.05, 4.69) is 13.8 Å². The topological polar surface area (TPSA) is 101 Å². The number of hydrogen-bond donors (Lipinski definition) is 1. The molecule has 1 aromatic carbocycles. The van der Waals surface area contributed by atoms with Crippen LogP contribution in [0.4, 0.5) is 5.69 Å². The lowest BCUT2D eigenvalue weighted by Gasteiger charge is -2.17. The summed E-state index contributed by atoms with van der Waals surface area (Å²) >= 11 is 1.42. The zero-order valence-electron chi connectivity index (χ0n) is 14.7. The van der Waals surface area contributed by atoms with Gasteiger partial charge in [0.1, 0.15) is 0 Å². The summed E-state index contributed by atoms with van der Waals surface area (Å²) in [4.78, 5) is 35.7. The molecular formula is C17H24N2O5S. The fourth-order valence-electron chi connectivity index (χ4n) is 2.11. The van der Waals surface area contributed by atoms with E-state index in [1.165, 1.54) is 22.7 Å². The molecule has 0 fully saturated rings. The number of carboxylic acids is 1. The molecule has 0 unspecified atom stereocenters. The van der Waals surface area contributed by atoms with Crippen molar-refractivity contribution in [3.05, 3.63) is 33.9 Å². The number of rotatable bonds is 10. The van der Waals surface area contributed by atoms with Crippen LogP contribution in [0.3, 0.4) is 0 Å². The maximum absolute atomic E-state index is 12.4. The third-order valence-corrected chi connectivity index (χ3v) is 4.68. The molecule has 0 heterocycles. The van der Waals surface area contributed by atoms with Gasteiger partial charge in [0, 0.05) is 31.6 Å². The molecule has 0 aliphatic carbocycles. The molecule has 0 saturated carbocycles. The van der Waals surface area contributed by atoms with Crippen LogP contribution in [0, 0.1) is 16.0 Å². The number of benzene rings is 1. The largest absolute Gasteiger partial charge is 0.481 e. The molecule has 1 rings (SSSR count). The Bertz CT molecular complexity index is 633. The van der Waals surface area contributed by atoms with Crippen molar-refractivity contribution in [3.63, 3.8) is 0 Å². The first-order chi connectivity index (χ1) is 11.7. The molecule has 0 aliphatic rings. The predicted molar refractivity (Wildman–Crippen MR) is 97.1 cm³/mol. The van der Waals surface area contributed by atoms with Gasteiger partial charge >= 0.3 is 5.97 Å². The van der Waals surface area contributed by atoms with Crippen molar-refractivity contribution >= 4 is 29.3 Å². The Morgan fingerprint density at radius 1 is 1.36 bits per heavy atom. The van der Waals surface area contributed by atoms with Crippen LogP contribution in [-0.4, -0.2) is 46.2 Å². The molecular weight excluding hydrogens is 344 g/mol. The van der Waals surface area contributed by atoms with E-state index in [0.717, 1.165) is 12.2 Å². The standard InChI is InChI=1S/C17H24N2O5S/c1-12(2)8-10-25-15-7-6-13(11-14(15)19(23)24)17(22)18(3)9-4-5-16(20)21/h6-7,11-12H,4-5,8-10H2,1-3H3,(H,20,21). The molecule has 7 nitrogen and oxygen atoms in total. The van der Waals surface area contributed by atoms with Gasteiger partial charge in [-0.1, -0.05) is 13.8 Å². The average Bonchev–Trinajstić information content (AvgIpc) is 2.53. The van der Waals surface area contributed by atoms with Crippen molar-refractivity contribution in [2.24, 2.45) is 5.92 Å². The number of nitro benzene ring substituents is 1. The highest BCUT2D eigenvalue weighted by molar-refractivity contribution is 7.99. The summed E-state index contributed by atoms with van der Waals surface area (Å²) in [5.41, 5.74) is 0.163. The van der Waals surface area contributed by atoms with Gasteiger partial charge in [0.2, 0.25) is 0 Å². The second-order valence-electron chi connectivity index (χ2n) is 6.19. The maximum atomic E-state index is 12.4. The first-order valence-electron chi connectivity index (χ1n) is 8.10. The SMILES string of the molecule is CC(C)CCSc1ccc(C(=O)N(C)CCCC(=O)O)cc1[N+](=O)[O-]. The normalized spacial score (nSPS) is 10.7. The van der Waals surface area contributed by atoms with Gasteiger partial charge in [-0.2, -0.15) is 0 Å². The summed E-state index contributed by atoms with van der Waals surface area (Å²) < 4.78 is 0. The van der Waals surface area contributed by atoms with Crippen molar-refractivity contribution in [3.8, 4) is 0 Å². The highest BCUT2D eigenvalue weighted by Crippen LogP contribution is 2.31. The minimum Gasteiger partial charge on any atom is -0.481 e. The number of thioether (sulfide) groups is 1. The van der Waals surface area contributed by atoms with E-state index < -0.39 is 10.9 Å². The number of carbonyl (C=O) groups excluding carboxylic acids is 1. The van der Waals surface area contributed by atoms with Gasteiger partial charge < -0.3 is 10.0 Å². The summed E-state index contributed by atoms with van der Waals surface area (Å²) in [7, 11) is 1.56. The van der Waals surface area contributed by atoms with E-state index in [9.17, 15) is 19.7 Å². The van der Waals surface area contributed by atoms with Gasteiger partial charge in [0.15, 0.2) is 0 Å². The highest BCUT2D eigenvalue weighted by atomic mass is 32.2. The van der Waals surface area contributed by atoms with E-state index in [0.29, 0.717) is 17.2 Å². The summed E-state index contributed by atoms with van der Waals surface area (Å²) in [5.74, 6) is 0.0271. The van der Waals surface area contributed by atoms with Crippen LogP contribution in [0.2, 0.25) is 0 Å². The fraction of sp³-hybridized carbons (Fsp3) is 0.529. The summed E-state index contributed by atoms with van der Waals surface area (Å²) in [6, 6.07) is 4.50. The van der Waals surface area contributed by atoms with E-state index in [1.54, 1.807) is 19.2 Å². The molecule has 0 aromatic heterocycles. The molecule has 1 aromatic rings. The third kappa shape index (κ3) is 7.13.